The summed E-state index contributed by atoms with van der Waals surface area (Å²) in [4.78, 5) is 20.9. The third kappa shape index (κ3) is 3.08. The van der Waals surface area contributed by atoms with Crippen molar-refractivity contribution in [3.63, 3.8) is 0 Å². The number of ketones is 1. The maximum Gasteiger partial charge on any atom is 0.267 e. The quantitative estimate of drug-likeness (QED) is 0.771. The summed E-state index contributed by atoms with van der Waals surface area (Å²) in [5.74, 6) is 1.33. The van der Waals surface area contributed by atoms with Gasteiger partial charge in [-0.3, -0.25) is 4.79 Å². The second-order valence-corrected chi connectivity index (χ2v) is 6.73. The molecule has 26 heavy (non-hydrogen) atoms. The van der Waals surface area contributed by atoms with E-state index in [9.17, 15) is 9.18 Å². The van der Waals surface area contributed by atoms with E-state index in [4.69, 9.17) is 4.98 Å². The van der Waals surface area contributed by atoms with Crippen LogP contribution in [0.5, 0.6) is 0 Å². The number of hydrogen-bond acceptors (Lipinski definition) is 4. The van der Waals surface area contributed by atoms with Crippen LogP contribution in [-0.4, -0.2) is 22.0 Å². The molecule has 1 aliphatic carbocycles. The lowest BCUT2D eigenvalue weighted by Crippen LogP contribution is -2.36. The fourth-order valence-corrected chi connectivity index (χ4v) is 3.61. The molecule has 6 heteroatoms. The SMILES string of the molecule is O=C1C=C[N+](c2ccc(F)cc2)(c2ccnc(C3CCCCC3)n2)N=C1. The Morgan fingerprint density at radius 2 is 1.81 bits per heavy atom. The molecule has 1 saturated carbocycles. The van der Waals surface area contributed by atoms with E-state index >= 15 is 0 Å². The number of allylic oxidation sites excluding steroid dienone is 1. The van der Waals surface area contributed by atoms with Gasteiger partial charge in [-0.05, 0) is 25.0 Å². The summed E-state index contributed by atoms with van der Waals surface area (Å²) in [6.45, 7) is 0. The van der Waals surface area contributed by atoms with Crippen LogP contribution in [0.1, 0.15) is 43.8 Å². The summed E-state index contributed by atoms with van der Waals surface area (Å²) in [6, 6.07) is 7.90. The second kappa shape index (κ2) is 6.88. The fourth-order valence-electron chi connectivity index (χ4n) is 3.61. The molecule has 1 aromatic heterocycles. The highest BCUT2D eigenvalue weighted by Gasteiger charge is 2.37. The number of hydrogen-bond donors (Lipinski definition) is 0. The Morgan fingerprint density at radius 3 is 2.50 bits per heavy atom. The lowest BCUT2D eigenvalue weighted by Gasteiger charge is -2.28. The first kappa shape index (κ1) is 16.7. The minimum Gasteiger partial charge on any atom is -0.288 e. The summed E-state index contributed by atoms with van der Waals surface area (Å²) in [5, 5.41) is 4.46. The van der Waals surface area contributed by atoms with Crippen molar-refractivity contribution in [2.24, 2.45) is 5.10 Å². The zero-order valence-electron chi connectivity index (χ0n) is 14.4. The number of aromatic nitrogens is 2. The summed E-state index contributed by atoms with van der Waals surface area (Å²) < 4.78 is 13.3. The van der Waals surface area contributed by atoms with Crippen LogP contribution in [0.3, 0.4) is 0 Å². The molecule has 132 valence electrons. The van der Waals surface area contributed by atoms with Crippen molar-refractivity contribution in [2.45, 2.75) is 38.0 Å². The van der Waals surface area contributed by atoms with E-state index in [0.717, 1.165) is 18.7 Å². The van der Waals surface area contributed by atoms with Crippen molar-refractivity contribution in [3.05, 3.63) is 60.4 Å². The van der Waals surface area contributed by atoms with Gasteiger partial charge in [0, 0.05) is 36.4 Å². The van der Waals surface area contributed by atoms with E-state index in [0.29, 0.717) is 17.4 Å². The van der Waals surface area contributed by atoms with Crippen molar-refractivity contribution in [1.82, 2.24) is 14.6 Å². The molecular weight excluding hydrogens is 331 g/mol. The number of benzene rings is 1. The summed E-state index contributed by atoms with van der Waals surface area (Å²) in [6.07, 6.45) is 12.0. The predicted octanol–water partition coefficient (Wildman–Crippen LogP) is 4.38. The van der Waals surface area contributed by atoms with E-state index in [-0.39, 0.29) is 16.2 Å². The first-order chi connectivity index (χ1) is 12.7. The van der Waals surface area contributed by atoms with Gasteiger partial charge in [-0.25, -0.2) is 9.37 Å². The first-order valence-electron chi connectivity index (χ1n) is 8.94. The monoisotopic (exact) mass is 351 g/mol. The Hall–Kier alpha value is -2.73. The number of carbonyl (C=O) groups is 1. The molecule has 0 N–H and O–H groups in total. The van der Waals surface area contributed by atoms with Gasteiger partial charge in [0.25, 0.3) is 5.82 Å². The molecule has 0 amide bonds. The highest BCUT2D eigenvalue weighted by atomic mass is 19.1. The Kier molecular flexibility index (Phi) is 4.42. The predicted molar refractivity (Wildman–Crippen MR) is 98.4 cm³/mol. The minimum absolute atomic E-state index is 0.103. The van der Waals surface area contributed by atoms with Crippen LogP contribution >= 0.6 is 0 Å². The van der Waals surface area contributed by atoms with Crippen molar-refractivity contribution in [3.8, 4) is 0 Å². The fraction of sp³-hybridized carbons (Fsp3) is 0.300. The first-order valence-corrected chi connectivity index (χ1v) is 8.94. The molecule has 2 aliphatic rings. The van der Waals surface area contributed by atoms with Gasteiger partial charge < -0.3 is 0 Å². The molecule has 2 aromatic rings. The molecule has 1 aliphatic heterocycles. The number of rotatable bonds is 3. The molecule has 2 heterocycles. The van der Waals surface area contributed by atoms with Gasteiger partial charge in [0.1, 0.15) is 24.1 Å². The molecule has 5 nitrogen and oxygen atoms in total. The maximum absolute atomic E-state index is 13.4. The average Bonchev–Trinajstić information content (AvgIpc) is 2.70. The topological polar surface area (TPSA) is 55.2 Å². The van der Waals surface area contributed by atoms with Crippen molar-refractivity contribution in [2.75, 3.05) is 0 Å². The molecule has 1 fully saturated rings. The zero-order valence-corrected chi connectivity index (χ0v) is 14.4. The Balaban J connectivity index is 1.80. The van der Waals surface area contributed by atoms with E-state index in [1.54, 1.807) is 30.6 Å². The van der Waals surface area contributed by atoms with Crippen LogP contribution in [0, 0.1) is 5.82 Å². The number of carbonyl (C=O) groups excluding carboxylic acids is 1. The van der Waals surface area contributed by atoms with Crippen LogP contribution < -0.4 is 4.59 Å². The lowest BCUT2D eigenvalue weighted by atomic mass is 9.89. The van der Waals surface area contributed by atoms with E-state index in [2.05, 4.69) is 10.1 Å². The molecule has 0 saturated heterocycles. The highest BCUT2D eigenvalue weighted by molar-refractivity contribution is 6.33. The summed E-state index contributed by atoms with van der Waals surface area (Å²) in [5.41, 5.74) is 0.708. The third-order valence-electron chi connectivity index (χ3n) is 5.02. The molecule has 0 radical (unpaired) electrons. The Morgan fingerprint density at radius 1 is 1.04 bits per heavy atom. The van der Waals surface area contributed by atoms with Crippen LogP contribution in [0.4, 0.5) is 15.9 Å². The van der Waals surface area contributed by atoms with Gasteiger partial charge in [0.15, 0.2) is 5.69 Å². The van der Waals surface area contributed by atoms with Gasteiger partial charge >= 0.3 is 0 Å². The zero-order chi connectivity index (χ0) is 18.0. The number of nitrogens with zero attached hydrogens (tertiary/aromatic N) is 4. The Bertz CT molecular complexity index is 854. The maximum atomic E-state index is 13.4. The van der Waals surface area contributed by atoms with Crippen LogP contribution in [0.2, 0.25) is 0 Å². The standard InChI is InChI=1S/C20H20FN4O/c21-16-6-8-17(9-7-16)25(13-11-18(26)14-23-25)19-10-12-22-20(24-19)15-4-2-1-3-5-15/h6-15H,1-5H2/q+1. The average molecular weight is 351 g/mol. The molecule has 1 aromatic carbocycles. The van der Waals surface area contributed by atoms with Gasteiger partial charge in [-0.15, -0.1) is 0 Å². The van der Waals surface area contributed by atoms with Gasteiger partial charge in [-0.2, -0.15) is 4.98 Å². The smallest absolute Gasteiger partial charge is 0.267 e. The third-order valence-corrected chi connectivity index (χ3v) is 5.02. The molecule has 0 spiro atoms. The summed E-state index contributed by atoms with van der Waals surface area (Å²) >= 11 is 0. The van der Waals surface area contributed by atoms with Crippen molar-refractivity contribution < 1.29 is 9.18 Å². The van der Waals surface area contributed by atoms with E-state index in [1.807, 2.05) is 0 Å². The molecule has 4 rings (SSSR count). The number of quaternary nitrogens is 1. The van der Waals surface area contributed by atoms with Crippen LogP contribution in [-0.2, 0) is 4.79 Å². The molecule has 1 atom stereocenters. The van der Waals surface area contributed by atoms with E-state index in [1.165, 1.54) is 43.7 Å². The highest BCUT2D eigenvalue weighted by Crippen LogP contribution is 2.37. The van der Waals surface area contributed by atoms with E-state index < -0.39 is 0 Å². The van der Waals surface area contributed by atoms with Gasteiger partial charge in [0.05, 0.1) is 0 Å². The van der Waals surface area contributed by atoms with Crippen LogP contribution in [0.25, 0.3) is 0 Å². The Labute approximate surface area is 151 Å². The lowest BCUT2D eigenvalue weighted by molar-refractivity contribution is -0.108. The molecular formula is C20H20FN4O+. The molecule has 1 unspecified atom stereocenters. The van der Waals surface area contributed by atoms with Crippen molar-refractivity contribution >= 4 is 23.5 Å². The number of halogens is 1. The minimum atomic E-state index is -0.321. The summed E-state index contributed by atoms with van der Waals surface area (Å²) in [7, 11) is 0. The van der Waals surface area contributed by atoms with Gasteiger partial charge in [0.2, 0.25) is 5.78 Å². The molecule has 0 bridgehead atoms. The normalized spacial score (nSPS) is 23.3. The van der Waals surface area contributed by atoms with Crippen LogP contribution in [0.15, 0.2) is 53.9 Å². The second-order valence-electron chi connectivity index (χ2n) is 6.73. The largest absolute Gasteiger partial charge is 0.288 e. The van der Waals surface area contributed by atoms with Gasteiger partial charge in [-0.1, -0.05) is 29.0 Å². The van der Waals surface area contributed by atoms with Crippen molar-refractivity contribution in [1.29, 1.82) is 0 Å².